The average Bonchev–Trinajstić information content (AvgIpc) is 3.09. The monoisotopic (exact) mass is 296 g/mol. The minimum atomic E-state index is -0.589. The molecule has 1 aliphatic rings. The summed E-state index contributed by atoms with van der Waals surface area (Å²) in [6.07, 6.45) is -0.589. The van der Waals surface area contributed by atoms with Gasteiger partial charge in [-0.2, -0.15) is 0 Å². The van der Waals surface area contributed by atoms with E-state index in [4.69, 9.17) is 4.42 Å². The summed E-state index contributed by atoms with van der Waals surface area (Å²) < 4.78 is 5.85. The van der Waals surface area contributed by atoms with Gasteiger partial charge in [-0.25, -0.2) is 0 Å². The molecule has 1 aromatic heterocycles. The first-order valence-corrected chi connectivity index (χ1v) is 8.11. The number of aryl methyl sites for hydroxylation is 1. The topological polar surface area (TPSA) is 33.4 Å². The summed E-state index contributed by atoms with van der Waals surface area (Å²) in [5.74, 6) is 1.67. The van der Waals surface area contributed by atoms with Crippen molar-refractivity contribution in [3.8, 4) is 0 Å². The number of rotatable bonds is 2. The van der Waals surface area contributed by atoms with Crippen LogP contribution in [0.4, 0.5) is 0 Å². The van der Waals surface area contributed by atoms with Crippen molar-refractivity contribution in [2.75, 3.05) is 5.75 Å². The van der Waals surface area contributed by atoms with Crippen LogP contribution in [0, 0.1) is 6.92 Å². The summed E-state index contributed by atoms with van der Waals surface area (Å²) in [5, 5.41) is 11.8. The second-order valence-electron chi connectivity index (χ2n) is 5.59. The molecule has 3 aromatic rings. The first-order chi connectivity index (χ1) is 10.2. The molecule has 0 amide bonds. The maximum Gasteiger partial charge on any atom is 0.134 e. The highest BCUT2D eigenvalue weighted by atomic mass is 32.2. The fourth-order valence-electron chi connectivity index (χ4n) is 2.98. The van der Waals surface area contributed by atoms with Crippen LogP contribution in [-0.4, -0.2) is 10.9 Å². The van der Waals surface area contributed by atoms with Gasteiger partial charge in [0.15, 0.2) is 0 Å². The van der Waals surface area contributed by atoms with E-state index in [1.165, 1.54) is 16.0 Å². The number of hydrogen-bond acceptors (Lipinski definition) is 3. The van der Waals surface area contributed by atoms with Crippen LogP contribution in [0.3, 0.4) is 0 Å². The van der Waals surface area contributed by atoms with Gasteiger partial charge in [0.1, 0.15) is 17.4 Å². The van der Waals surface area contributed by atoms with Gasteiger partial charge < -0.3 is 9.52 Å². The Labute approximate surface area is 127 Å². The molecule has 3 heteroatoms. The van der Waals surface area contributed by atoms with E-state index in [2.05, 4.69) is 25.1 Å². The minimum Gasteiger partial charge on any atom is -0.458 e. The molecule has 1 aliphatic heterocycles. The van der Waals surface area contributed by atoms with Crippen molar-refractivity contribution in [2.24, 2.45) is 0 Å². The standard InChI is InChI=1S/C18H16O2S/c1-11-6-7-15-12(8-11)9-16(20-15)18(19)14-10-21-17-5-3-2-4-13(14)17/h2-9,14,18-19H,10H2,1H3. The lowest BCUT2D eigenvalue weighted by atomic mass is 9.94. The molecule has 0 bridgehead atoms. The fraction of sp³-hybridized carbons (Fsp3) is 0.222. The van der Waals surface area contributed by atoms with Crippen LogP contribution >= 0.6 is 11.8 Å². The number of benzene rings is 2. The largest absolute Gasteiger partial charge is 0.458 e. The van der Waals surface area contributed by atoms with E-state index in [1.807, 2.05) is 30.3 Å². The highest BCUT2D eigenvalue weighted by Gasteiger charge is 2.31. The molecule has 0 saturated heterocycles. The SMILES string of the molecule is Cc1ccc2oc(C(O)C3CSc4ccccc43)cc2c1. The van der Waals surface area contributed by atoms with Crippen LogP contribution in [0.2, 0.25) is 0 Å². The van der Waals surface area contributed by atoms with Gasteiger partial charge in [0.05, 0.1) is 0 Å². The number of fused-ring (bicyclic) bond motifs is 2. The number of thioether (sulfide) groups is 1. The lowest BCUT2D eigenvalue weighted by molar-refractivity contribution is 0.130. The molecule has 21 heavy (non-hydrogen) atoms. The van der Waals surface area contributed by atoms with Crippen molar-refractivity contribution in [1.82, 2.24) is 0 Å². The van der Waals surface area contributed by atoms with Crippen molar-refractivity contribution >= 4 is 22.7 Å². The Morgan fingerprint density at radius 2 is 2.05 bits per heavy atom. The Morgan fingerprint density at radius 1 is 1.19 bits per heavy atom. The summed E-state index contributed by atoms with van der Waals surface area (Å²) in [6, 6.07) is 16.4. The molecule has 2 nitrogen and oxygen atoms in total. The summed E-state index contributed by atoms with van der Waals surface area (Å²) in [4.78, 5) is 1.27. The second-order valence-corrected chi connectivity index (χ2v) is 6.65. The van der Waals surface area contributed by atoms with E-state index >= 15 is 0 Å². The van der Waals surface area contributed by atoms with Gasteiger partial charge in [-0.1, -0.05) is 29.8 Å². The molecule has 2 unspecified atom stereocenters. The van der Waals surface area contributed by atoms with Crippen LogP contribution < -0.4 is 0 Å². The Morgan fingerprint density at radius 3 is 2.95 bits per heavy atom. The molecular formula is C18H16O2S. The van der Waals surface area contributed by atoms with Gasteiger partial charge in [0.25, 0.3) is 0 Å². The number of furan rings is 1. The molecule has 2 heterocycles. The zero-order valence-corrected chi connectivity index (χ0v) is 12.6. The molecule has 0 fully saturated rings. The Bertz CT molecular complexity index is 806. The van der Waals surface area contributed by atoms with Crippen LogP contribution in [0.5, 0.6) is 0 Å². The van der Waals surface area contributed by atoms with Crippen molar-refractivity contribution in [2.45, 2.75) is 23.8 Å². The lowest BCUT2D eigenvalue weighted by Crippen LogP contribution is -2.09. The van der Waals surface area contributed by atoms with Crippen LogP contribution in [-0.2, 0) is 0 Å². The first kappa shape index (κ1) is 13.0. The molecule has 1 N–H and O–H groups in total. The summed E-state index contributed by atoms with van der Waals surface area (Å²) in [6.45, 7) is 2.06. The van der Waals surface area contributed by atoms with Gasteiger partial charge >= 0.3 is 0 Å². The van der Waals surface area contributed by atoms with E-state index in [0.717, 1.165) is 16.7 Å². The van der Waals surface area contributed by atoms with Crippen molar-refractivity contribution in [3.63, 3.8) is 0 Å². The second kappa shape index (κ2) is 4.93. The zero-order valence-electron chi connectivity index (χ0n) is 11.7. The predicted octanol–water partition coefficient (Wildman–Crippen LogP) is 4.66. The normalized spacial score (nSPS) is 18.9. The van der Waals surface area contributed by atoms with Gasteiger partial charge in [-0.05, 0) is 36.8 Å². The third-order valence-corrected chi connectivity index (χ3v) is 5.31. The van der Waals surface area contributed by atoms with E-state index in [0.29, 0.717) is 5.76 Å². The van der Waals surface area contributed by atoms with E-state index < -0.39 is 6.10 Å². The molecular weight excluding hydrogens is 280 g/mol. The van der Waals surface area contributed by atoms with Gasteiger partial charge in [-0.15, -0.1) is 11.8 Å². The number of aliphatic hydroxyl groups is 1. The van der Waals surface area contributed by atoms with Crippen LogP contribution in [0.1, 0.15) is 28.9 Å². The van der Waals surface area contributed by atoms with Crippen molar-refractivity contribution < 1.29 is 9.52 Å². The molecule has 2 aromatic carbocycles. The third kappa shape index (κ3) is 2.17. The zero-order chi connectivity index (χ0) is 14.4. The number of hydrogen-bond donors (Lipinski definition) is 1. The van der Waals surface area contributed by atoms with E-state index in [9.17, 15) is 5.11 Å². The maximum absolute atomic E-state index is 10.7. The first-order valence-electron chi connectivity index (χ1n) is 7.12. The Hall–Kier alpha value is -1.71. The average molecular weight is 296 g/mol. The molecule has 0 saturated carbocycles. The molecule has 2 atom stereocenters. The molecule has 4 rings (SSSR count). The van der Waals surface area contributed by atoms with E-state index in [1.54, 1.807) is 11.8 Å². The molecule has 0 spiro atoms. The minimum absolute atomic E-state index is 0.104. The van der Waals surface area contributed by atoms with Crippen LogP contribution in [0.15, 0.2) is 57.8 Å². The highest BCUT2D eigenvalue weighted by Crippen LogP contribution is 2.46. The van der Waals surface area contributed by atoms with Crippen LogP contribution in [0.25, 0.3) is 11.0 Å². The third-order valence-electron chi connectivity index (χ3n) is 4.10. The molecule has 106 valence electrons. The Balaban J connectivity index is 1.72. The maximum atomic E-state index is 10.7. The molecule has 0 radical (unpaired) electrons. The molecule has 0 aliphatic carbocycles. The van der Waals surface area contributed by atoms with Crippen molar-refractivity contribution in [3.05, 3.63) is 65.4 Å². The van der Waals surface area contributed by atoms with Gasteiger partial charge in [0.2, 0.25) is 0 Å². The lowest BCUT2D eigenvalue weighted by Gasteiger charge is -2.16. The van der Waals surface area contributed by atoms with E-state index in [-0.39, 0.29) is 5.92 Å². The Kier molecular flexibility index (Phi) is 3.05. The summed E-state index contributed by atoms with van der Waals surface area (Å²) >= 11 is 1.81. The smallest absolute Gasteiger partial charge is 0.134 e. The fourth-order valence-corrected chi connectivity index (χ4v) is 4.26. The van der Waals surface area contributed by atoms with Gasteiger partial charge in [0, 0.05) is 22.0 Å². The predicted molar refractivity (Wildman–Crippen MR) is 85.8 cm³/mol. The summed E-state index contributed by atoms with van der Waals surface area (Å²) in [5.41, 5.74) is 3.27. The summed E-state index contributed by atoms with van der Waals surface area (Å²) in [7, 11) is 0. The quantitative estimate of drug-likeness (QED) is 0.746. The van der Waals surface area contributed by atoms with Gasteiger partial charge in [-0.3, -0.25) is 0 Å². The highest BCUT2D eigenvalue weighted by molar-refractivity contribution is 7.99. The van der Waals surface area contributed by atoms with Crippen molar-refractivity contribution in [1.29, 1.82) is 0 Å². The number of aliphatic hydroxyl groups excluding tert-OH is 1.